The van der Waals surface area contributed by atoms with Gasteiger partial charge in [-0.3, -0.25) is 0 Å². The minimum Gasteiger partial charge on any atom is -0.505 e. The van der Waals surface area contributed by atoms with Crippen LogP contribution in [-0.2, 0) is 19.3 Å². The zero-order valence-corrected chi connectivity index (χ0v) is 29.4. The molecule has 0 aliphatic rings. The fraction of sp³-hybridized carbons (Fsp3) is 0.415. The normalized spacial score (nSPS) is 11.9. The largest absolute Gasteiger partial charge is 0.505 e. The van der Waals surface area contributed by atoms with Crippen molar-refractivity contribution < 1.29 is 10.2 Å². The molecule has 2 aromatic heterocycles. The van der Waals surface area contributed by atoms with Crippen LogP contribution in [0.4, 0.5) is 0 Å². The number of aromatic hydroxyl groups is 2. The average Bonchev–Trinajstić information content (AvgIpc) is 3.71. The van der Waals surface area contributed by atoms with E-state index in [1.54, 1.807) is 9.59 Å². The van der Waals surface area contributed by atoms with E-state index in [0.717, 1.165) is 82.8 Å². The summed E-state index contributed by atoms with van der Waals surface area (Å²) in [5, 5.41) is 42.4. The average molecular weight is 659 g/mol. The number of nitrogens with zero attached hydrogens (tertiary/aromatic N) is 6. The van der Waals surface area contributed by atoms with Gasteiger partial charge in [-0.2, -0.15) is 0 Å². The van der Waals surface area contributed by atoms with Crippen LogP contribution in [-0.4, -0.2) is 40.2 Å². The third kappa shape index (κ3) is 8.48. The van der Waals surface area contributed by atoms with Gasteiger partial charge in [-0.15, -0.1) is 30.0 Å². The van der Waals surface area contributed by atoms with Crippen LogP contribution < -0.4 is 0 Å². The Bertz CT molecular complexity index is 1800. The molecule has 2 N–H and O–H groups in total. The Morgan fingerprint density at radius 1 is 0.510 bits per heavy atom. The summed E-state index contributed by atoms with van der Waals surface area (Å²) in [7, 11) is 0. The zero-order valence-electron chi connectivity index (χ0n) is 29.4. The SMILES string of the molecule is CC(C)CCCCCc1cc(Cc2cc(CCCCCC(C)C)cc(-n3nc4ccccc4n3)c2O)c(O)c(-n2nc3ccccc3n2)c1. The van der Waals surface area contributed by atoms with E-state index >= 15 is 0 Å². The first kappa shape index (κ1) is 34.2. The summed E-state index contributed by atoms with van der Waals surface area (Å²) in [6.45, 7) is 9.08. The Morgan fingerprint density at radius 3 is 1.22 bits per heavy atom. The van der Waals surface area contributed by atoms with Gasteiger partial charge < -0.3 is 10.2 Å². The molecule has 0 radical (unpaired) electrons. The predicted molar refractivity (Wildman–Crippen MR) is 198 cm³/mol. The maximum atomic E-state index is 11.8. The summed E-state index contributed by atoms with van der Waals surface area (Å²) < 4.78 is 0. The van der Waals surface area contributed by atoms with E-state index in [0.29, 0.717) is 29.6 Å². The summed E-state index contributed by atoms with van der Waals surface area (Å²) in [5.41, 5.74) is 7.86. The molecular formula is C41H50N6O2. The number of benzene rings is 4. The summed E-state index contributed by atoms with van der Waals surface area (Å²) >= 11 is 0. The van der Waals surface area contributed by atoms with E-state index in [1.807, 2.05) is 60.7 Å². The van der Waals surface area contributed by atoms with Crippen molar-refractivity contribution in [3.63, 3.8) is 0 Å². The highest BCUT2D eigenvalue weighted by Crippen LogP contribution is 2.36. The Hall–Kier alpha value is -4.72. The number of aryl methyl sites for hydroxylation is 2. The molecule has 8 nitrogen and oxygen atoms in total. The summed E-state index contributed by atoms with van der Waals surface area (Å²) in [4.78, 5) is 3.09. The topological polar surface area (TPSA) is 102 Å². The smallest absolute Gasteiger partial charge is 0.146 e. The second kappa shape index (κ2) is 15.7. The van der Waals surface area contributed by atoms with E-state index in [9.17, 15) is 10.2 Å². The number of rotatable bonds is 16. The van der Waals surface area contributed by atoms with Crippen molar-refractivity contribution in [1.29, 1.82) is 0 Å². The van der Waals surface area contributed by atoms with Gasteiger partial charge in [0.2, 0.25) is 0 Å². The third-order valence-electron chi connectivity index (χ3n) is 9.34. The van der Waals surface area contributed by atoms with E-state index in [2.05, 4.69) is 39.8 Å². The van der Waals surface area contributed by atoms with Gasteiger partial charge in [0.15, 0.2) is 0 Å². The van der Waals surface area contributed by atoms with Gasteiger partial charge in [-0.05, 0) is 85.0 Å². The maximum absolute atomic E-state index is 11.8. The van der Waals surface area contributed by atoms with Crippen molar-refractivity contribution in [3.8, 4) is 22.9 Å². The van der Waals surface area contributed by atoms with Crippen LogP contribution in [0.3, 0.4) is 0 Å². The van der Waals surface area contributed by atoms with Gasteiger partial charge in [0, 0.05) is 17.5 Å². The highest BCUT2D eigenvalue weighted by atomic mass is 16.3. The van der Waals surface area contributed by atoms with Gasteiger partial charge in [-0.25, -0.2) is 0 Å². The Balaban J connectivity index is 1.37. The fourth-order valence-electron chi connectivity index (χ4n) is 6.60. The lowest BCUT2D eigenvalue weighted by Crippen LogP contribution is -2.06. The quantitative estimate of drug-likeness (QED) is 0.100. The van der Waals surface area contributed by atoms with E-state index in [4.69, 9.17) is 20.4 Å². The molecule has 0 atom stereocenters. The van der Waals surface area contributed by atoms with Gasteiger partial charge in [0.25, 0.3) is 0 Å². The molecule has 0 bridgehead atoms. The molecular weight excluding hydrogens is 608 g/mol. The minimum absolute atomic E-state index is 0.117. The second-order valence-corrected chi connectivity index (χ2v) is 14.4. The number of phenols is 2. The molecule has 0 saturated carbocycles. The number of hydrogen-bond acceptors (Lipinski definition) is 6. The van der Waals surface area contributed by atoms with Crippen LogP contribution in [0, 0.1) is 11.8 Å². The van der Waals surface area contributed by atoms with Crippen LogP contribution in [0.2, 0.25) is 0 Å². The molecule has 6 aromatic rings. The molecule has 0 spiro atoms. The number of hydrogen-bond donors (Lipinski definition) is 2. The van der Waals surface area contributed by atoms with Crippen LogP contribution >= 0.6 is 0 Å². The molecule has 0 aliphatic carbocycles. The fourth-order valence-corrected chi connectivity index (χ4v) is 6.60. The maximum Gasteiger partial charge on any atom is 0.146 e. The lowest BCUT2D eigenvalue weighted by molar-refractivity contribution is 0.455. The van der Waals surface area contributed by atoms with Gasteiger partial charge in [0.05, 0.1) is 0 Å². The van der Waals surface area contributed by atoms with Crippen molar-refractivity contribution in [2.24, 2.45) is 11.8 Å². The number of aromatic nitrogens is 6. The molecule has 2 heterocycles. The molecule has 0 unspecified atom stereocenters. The summed E-state index contributed by atoms with van der Waals surface area (Å²) in [6.07, 6.45) is 11.4. The van der Waals surface area contributed by atoms with Crippen molar-refractivity contribution >= 4 is 22.1 Å². The van der Waals surface area contributed by atoms with Crippen LogP contribution in [0.15, 0.2) is 72.8 Å². The van der Waals surface area contributed by atoms with Crippen LogP contribution in [0.25, 0.3) is 33.4 Å². The first-order valence-electron chi connectivity index (χ1n) is 18.1. The van der Waals surface area contributed by atoms with Crippen LogP contribution in [0.1, 0.15) is 101 Å². The first-order valence-corrected chi connectivity index (χ1v) is 18.1. The van der Waals surface area contributed by atoms with E-state index in [-0.39, 0.29) is 11.5 Å². The molecule has 8 heteroatoms. The Morgan fingerprint density at radius 2 is 0.878 bits per heavy atom. The van der Waals surface area contributed by atoms with Crippen molar-refractivity contribution in [2.45, 2.75) is 98.3 Å². The molecule has 4 aromatic carbocycles. The lowest BCUT2D eigenvalue weighted by Gasteiger charge is -2.16. The monoisotopic (exact) mass is 658 g/mol. The number of fused-ring (bicyclic) bond motifs is 2. The highest BCUT2D eigenvalue weighted by Gasteiger charge is 2.20. The summed E-state index contributed by atoms with van der Waals surface area (Å²) in [6, 6.07) is 23.7. The van der Waals surface area contributed by atoms with Crippen LogP contribution in [0.5, 0.6) is 11.5 Å². The first-order chi connectivity index (χ1) is 23.7. The van der Waals surface area contributed by atoms with Crippen molar-refractivity contribution in [2.75, 3.05) is 0 Å². The second-order valence-electron chi connectivity index (χ2n) is 14.4. The zero-order chi connectivity index (χ0) is 34.3. The minimum atomic E-state index is 0.117. The lowest BCUT2D eigenvalue weighted by atomic mass is 9.94. The molecule has 6 rings (SSSR count). The predicted octanol–water partition coefficient (Wildman–Crippen LogP) is 9.67. The van der Waals surface area contributed by atoms with Crippen molar-refractivity contribution in [3.05, 3.63) is 95.1 Å². The van der Waals surface area contributed by atoms with Crippen molar-refractivity contribution in [1.82, 2.24) is 30.0 Å². The van der Waals surface area contributed by atoms with Gasteiger partial charge in [-0.1, -0.05) is 103 Å². The summed E-state index contributed by atoms with van der Waals surface area (Å²) in [5.74, 6) is 1.64. The molecule has 256 valence electrons. The molecule has 49 heavy (non-hydrogen) atoms. The third-order valence-corrected chi connectivity index (χ3v) is 9.34. The number of phenolic OH excluding ortho intramolecular Hbond substituents is 2. The molecule has 0 fully saturated rings. The highest BCUT2D eigenvalue weighted by molar-refractivity contribution is 5.74. The number of unbranched alkanes of at least 4 members (excludes halogenated alkanes) is 4. The standard InChI is InChI=1S/C41H50N6O2/c1-28(2)15-7-5-9-17-30-23-32(40(48)38(25-30)46-42-34-19-11-12-20-35(34)43-46)27-33-24-31(18-10-6-8-16-29(3)4)26-39(41(33)49)47-44-36-21-13-14-22-37(36)45-47/h11-14,19-26,28-29,48-49H,5-10,15-18,27H2,1-4H3. The van der Waals surface area contributed by atoms with Gasteiger partial charge >= 0.3 is 0 Å². The van der Waals surface area contributed by atoms with E-state index in [1.165, 1.54) is 25.7 Å². The van der Waals surface area contributed by atoms with Gasteiger partial charge in [0.1, 0.15) is 44.9 Å². The molecule has 0 aliphatic heterocycles. The Labute approximate surface area is 289 Å². The molecule has 0 amide bonds. The van der Waals surface area contributed by atoms with E-state index < -0.39 is 0 Å². The Kier molecular flexibility index (Phi) is 10.9. The molecule has 0 saturated heterocycles.